The predicted octanol–water partition coefficient (Wildman–Crippen LogP) is 1.97. The molecule has 0 radical (unpaired) electrons. The van der Waals surface area contributed by atoms with Crippen LogP contribution in [0.2, 0.25) is 0 Å². The molecule has 0 saturated carbocycles. The summed E-state index contributed by atoms with van der Waals surface area (Å²) in [4.78, 5) is 20.7. The number of aromatic hydroxyl groups is 1. The molecule has 0 bridgehead atoms. The standard InChI is InChI=1S/C28H32N4O5S/c1-2-38(35,36)31-18-25(26-27(33)28(34)30-20-29-26)17-23-9-5-21(6-10-23)3-4-22-7-11-24(12-8-22)19-32-13-15-37-16-14-32/h5-12,20,25,31,33H,2,13-19H2,1H3,(H,29,30,34). The molecule has 2 heterocycles. The monoisotopic (exact) mass is 536 g/mol. The van der Waals surface area contributed by atoms with Crippen LogP contribution in [0.3, 0.4) is 0 Å². The van der Waals surface area contributed by atoms with Gasteiger partial charge in [0.25, 0.3) is 5.56 Å². The largest absolute Gasteiger partial charge is 0.502 e. The highest BCUT2D eigenvalue weighted by molar-refractivity contribution is 7.89. The summed E-state index contributed by atoms with van der Waals surface area (Å²) in [5, 5.41) is 10.2. The minimum absolute atomic E-state index is 0.00325. The Balaban J connectivity index is 1.42. The van der Waals surface area contributed by atoms with Gasteiger partial charge in [-0.1, -0.05) is 36.1 Å². The lowest BCUT2D eigenvalue weighted by Crippen LogP contribution is -2.35. The quantitative estimate of drug-likeness (QED) is 0.357. The van der Waals surface area contributed by atoms with Gasteiger partial charge in [-0.15, -0.1) is 0 Å². The van der Waals surface area contributed by atoms with E-state index in [2.05, 4.69) is 43.6 Å². The van der Waals surface area contributed by atoms with E-state index in [0.717, 1.165) is 49.5 Å². The zero-order valence-electron chi connectivity index (χ0n) is 21.3. The Morgan fingerprint density at radius 3 is 2.26 bits per heavy atom. The first-order valence-electron chi connectivity index (χ1n) is 12.6. The van der Waals surface area contributed by atoms with Crippen LogP contribution in [0.4, 0.5) is 0 Å². The van der Waals surface area contributed by atoms with Crippen LogP contribution in [0.5, 0.6) is 5.75 Å². The molecule has 2 aromatic carbocycles. The van der Waals surface area contributed by atoms with Crippen molar-refractivity contribution in [3.8, 4) is 17.6 Å². The van der Waals surface area contributed by atoms with Crippen molar-refractivity contribution in [2.45, 2.75) is 25.8 Å². The molecule has 1 aliphatic heterocycles. The van der Waals surface area contributed by atoms with E-state index in [1.165, 1.54) is 11.9 Å². The molecule has 10 heteroatoms. The highest BCUT2D eigenvalue weighted by Gasteiger charge is 2.22. The summed E-state index contributed by atoms with van der Waals surface area (Å²) in [6, 6.07) is 15.9. The number of ether oxygens (including phenoxy) is 1. The number of rotatable bonds is 9. The number of hydrogen-bond donors (Lipinski definition) is 3. The van der Waals surface area contributed by atoms with E-state index >= 15 is 0 Å². The highest BCUT2D eigenvalue weighted by atomic mass is 32.2. The van der Waals surface area contributed by atoms with Crippen LogP contribution >= 0.6 is 0 Å². The molecule has 38 heavy (non-hydrogen) atoms. The second-order valence-corrected chi connectivity index (χ2v) is 11.2. The summed E-state index contributed by atoms with van der Waals surface area (Å²) in [7, 11) is -3.46. The maximum atomic E-state index is 12.0. The molecular formula is C28H32N4O5S. The van der Waals surface area contributed by atoms with Gasteiger partial charge in [0.1, 0.15) is 0 Å². The fourth-order valence-corrected chi connectivity index (χ4v) is 4.82. The van der Waals surface area contributed by atoms with Gasteiger partial charge in [0.2, 0.25) is 15.8 Å². The Bertz CT molecular complexity index is 1440. The summed E-state index contributed by atoms with van der Waals surface area (Å²) in [5.41, 5.74) is 3.39. The third-order valence-electron chi connectivity index (χ3n) is 6.42. The lowest BCUT2D eigenvalue weighted by molar-refractivity contribution is 0.0342. The molecule has 0 amide bonds. The number of hydrogen-bond acceptors (Lipinski definition) is 7. The third kappa shape index (κ3) is 7.76. The van der Waals surface area contributed by atoms with E-state index in [9.17, 15) is 18.3 Å². The van der Waals surface area contributed by atoms with Crippen molar-refractivity contribution >= 4 is 10.0 Å². The van der Waals surface area contributed by atoms with Crippen molar-refractivity contribution in [3.63, 3.8) is 0 Å². The molecule has 1 unspecified atom stereocenters. The Kier molecular flexibility index (Phi) is 9.31. The summed E-state index contributed by atoms with van der Waals surface area (Å²) < 4.78 is 31.9. The minimum atomic E-state index is -3.46. The number of sulfonamides is 1. The molecule has 3 N–H and O–H groups in total. The third-order valence-corrected chi connectivity index (χ3v) is 7.79. The lowest BCUT2D eigenvalue weighted by atomic mass is 9.95. The number of benzene rings is 2. The number of aromatic nitrogens is 2. The van der Waals surface area contributed by atoms with Crippen molar-refractivity contribution in [2.75, 3.05) is 38.6 Å². The zero-order valence-corrected chi connectivity index (χ0v) is 22.1. The van der Waals surface area contributed by atoms with Crippen molar-refractivity contribution in [3.05, 3.63) is 93.2 Å². The molecule has 1 saturated heterocycles. The summed E-state index contributed by atoms with van der Waals surface area (Å²) in [6.07, 6.45) is 1.57. The number of nitrogens with one attached hydrogen (secondary N) is 2. The van der Waals surface area contributed by atoms with E-state index in [4.69, 9.17) is 4.74 Å². The second-order valence-electron chi connectivity index (χ2n) is 9.15. The topological polar surface area (TPSA) is 125 Å². The average Bonchev–Trinajstić information content (AvgIpc) is 2.93. The minimum Gasteiger partial charge on any atom is -0.502 e. The predicted molar refractivity (Wildman–Crippen MR) is 145 cm³/mol. The molecule has 0 aliphatic carbocycles. The van der Waals surface area contributed by atoms with Crippen LogP contribution in [0, 0.1) is 11.8 Å². The molecule has 200 valence electrons. The maximum Gasteiger partial charge on any atom is 0.293 e. The first-order chi connectivity index (χ1) is 18.3. The van der Waals surface area contributed by atoms with Gasteiger partial charge in [-0.2, -0.15) is 0 Å². The Hall–Kier alpha value is -3.49. The first kappa shape index (κ1) is 27.5. The van der Waals surface area contributed by atoms with Gasteiger partial charge >= 0.3 is 0 Å². The van der Waals surface area contributed by atoms with Crippen molar-refractivity contribution in [1.29, 1.82) is 0 Å². The van der Waals surface area contributed by atoms with Gasteiger partial charge < -0.3 is 14.8 Å². The molecule has 1 atom stereocenters. The van der Waals surface area contributed by atoms with Crippen molar-refractivity contribution < 1.29 is 18.3 Å². The number of morpholine rings is 1. The molecule has 3 aromatic rings. The fourth-order valence-electron chi connectivity index (χ4n) is 4.16. The second kappa shape index (κ2) is 12.8. The van der Waals surface area contributed by atoms with Gasteiger partial charge in [0.15, 0.2) is 0 Å². The molecule has 1 aliphatic rings. The molecule has 1 fully saturated rings. The van der Waals surface area contributed by atoms with Crippen LogP contribution in [-0.4, -0.2) is 67.0 Å². The van der Waals surface area contributed by atoms with Gasteiger partial charge in [-0.05, 0) is 48.7 Å². The summed E-state index contributed by atoms with van der Waals surface area (Å²) in [6.45, 7) is 5.92. The maximum absolute atomic E-state index is 12.0. The molecule has 0 spiro atoms. The molecular weight excluding hydrogens is 504 g/mol. The number of aromatic amines is 1. The van der Waals surface area contributed by atoms with E-state index in [1.807, 2.05) is 36.4 Å². The molecule has 4 rings (SSSR count). The Labute approximate surface area is 222 Å². The SMILES string of the molecule is CCS(=O)(=O)NCC(Cc1ccc(C#Cc2ccc(CN3CCOCC3)cc2)cc1)c1nc[nH]c(=O)c1O. The summed E-state index contributed by atoms with van der Waals surface area (Å²) >= 11 is 0. The van der Waals surface area contributed by atoms with Crippen LogP contribution in [0.1, 0.15) is 40.8 Å². The van der Waals surface area contributed by atoms with Gasteiger partial charge in [0, 0.05) is 43.2 Å². The van der Waals surface area contributed by atoms with Crippen molar-refractivity contribution in [1.82, 2.24) is 19.6 Å². The van der Waals surface area contributed by atoms with Crippen LogP contribution in [0.25, 0.3) is 0 Å². The number of H-pyrrole nitrogens is 1. The molecule has 9 nitrogen and oxygen atoms in total. The normalized spacial score (nSPS) is 15.0. The van der Waals surface area contributed by atoms with Crippen LogP contribution < -0.4 is 10.3 Å². The Morgan fingerprint density at radius 1 is 1.05 bits per heavy atom. The molecule has 1 aromatic heterocycles. The smallest absolute Gasteiger partial charge is 0.293 e. The highest BCUT2D eigenvalue weighted by Crippen LogP contribution is 2.24. The van der Waals surface area contributed by atoms with Crippen molar-refractivity contribution in [2.24, 2.45) is 0 Å². The van der Waals surface area contributed by atoms with Crippen LogP contribution in [0.15, 0.2) is 59.7 Å². The first-order valence-corrected chi connectivity index (χ1v) is 14.2. The average molecular weight is 537 g/mol. The lowest BCUT2D eigenvalue weighted by Gasteiger charge is -2.26. The van der Waals surface area contributed by atoms with Gasteiger partial charge in [-0.3, -0.25) is 9.69 Å². The van der Waals surface area contributed by atoms with Gasteiger partial charge in [0.05, 0.1) is 31.0 Å². The zero-order chi connectivity index (χ0) is 27.0. The van der Waals surface area contributed by atoms with E-state index in [-0.39, 0.29) is 18.0 Å². The van der Waals surface area contributed by atoms with E-state index < -0.39 is 27.2 Å². The van der Waals surface area contributed by atoms with Gasteiger partial charge in [-0.25, -0.2) is 18.1 Å². The number of nitrogens with zero attached hydrogens (tertiary/aromatic N) is 2. The van der Waals surface area contributed by atoms with E-state index in [0.29, 0.717) is 6.42 Å². The summed E-state index contributed by atoms with van der Waals surface area (Å²) in [5.74, 6) is 5.26. The Morgan fingerprint density at radius 2 is 1.66 bits per heavy atom. The fraction of sp³-hybridized carbons (Fsp3) is 0.357. The van der Waals surface area contributed by atoms with Crippen LogP contribution in [-0.2, 0) is 27.7 Å². The van der Waals surface area contributed by atoms with E-state index in [1.54, 1.807) is 6.92 Å².